The van der Waals surface area contributed by atoms with Crippen LogP contribution in [0.15, 0.2) is 0 Å². The second kappa shape index (κ2) is 3.51. The molecule has 0 rings (SSSR count). The Labute approximate surface area is 64.8 Å². The first kappa shape index (κ1) is 8.50. The van der Waals surface area contributed by atoms with E-state index in [1.54, 1.807) is 0 Å². The van der Waals surface area contributed by atoms with E-state index in [0.29, 0.717) is 33.6 Å². The molecule has 0 bridgehead atoms. The molecule has 0 unspecified atom stereocenters. The molecule has 0 nitrogen and oxygen atoms in total. The molecule has 0 fully saturated rings. The van der Waals surface area contributed by atoms with Crippen LogP contribution >= 0.6 is 0 Å². The second-order valence-corrected chi connectivity index (χ2v) is 20.0. The summed E-state index contributed by atoms with van der Waals surface area (Å²) >= 11 is 0.507. The molecule has 0 aromatic rings. The van der Waals surface area contributed by atoms with E-state index in [2.05, 4.69) is 26.6 Å². The van der Waals surface area contributed by atoms with Crippen LogP contribution in [0.2, 0.25) is 22.0 Å². The Morgan fingerprint density at radius 2 is 1.71 bits per heavy atom. The van der Waals surface area contributed by atoms with Gasteiger partial charge in [-0.05, 0) is 0 Å². The van der Waals surface area contributed by atoms with E-state index in [0.717, 1.165) is 0 Å². The summed E-state index contributed by atoms with van der Waals surface area (Å²) in [4.78, 5) is 0. The van der Waals surface area contributed by atoms with Gasteiger partial charge in [0.05, 0.1) is 0 Å². The zero-order chi connectivity index (χ0) is 5.91. The molecular weight excluding hydrogens is 247 g/mol. The van der Waals surface area contributed by atoms with E-state index in [1.807, 2.05) is 0 Å². The van der Waals surface area contributed by atoms with Gasteiger partial charge in [0.1, 0.15) is 0 Å². The molecule has 0 saturated carbocycles. The average molecular weight is 261 g/mol. The Bertz CT molecular complexity index is 46.5. The summed E-state index contributed by atoms with van der Waals surface area (Å²) in [6.45, 7) is 9.72. The van der Waals surface area contributed by atoms with Crippen LogP contribution in [-0.2, 0) is 0 Å². The van der Waals surface area contributed by atoms with Crippen molar-refractivity contribution in [2.45, 2.75) is 29.0 Å². The van der Waals surface area contributed by atoms with Crippen molar-refractivity contribution in [2.24, 2.45) is 0 Å². The molecule has 0 aliphatic heterocycles. The Morgan fingerprint density at radius 1 is 1.29 bits per heavy atom. The molecule has 7 heavy (non-hydrogen) atoms. The van der Waals surface area contributed by atoms with Gasteiger partial charge in [-0.3, -0.25) is 0 Å². The first-order chi connectivity index (χ1) is 3.06. The summed E-state index contributed by atoms with van der Waals surface area (Å²) in [5.41, 5.74) is 0. The molecule has 0 aromatic carbocycles. The predicted octanol–water partition coefficient (Wildman–Crippen LogP) is 2.34. The molecule has 47 valence electrons. The normalized spacial score (nSPS) is 12.6. The van der Waals surface area contributed by atoms with E-state index < -0.39 is 3.06 Å². The molecule has 0 aliphatic carbocycles. The van der Waals surface area contributed by atoms with Gasteiger partial charge < -0.3 is 0 Å². The van der Waals surface area contributed by atoms with Crippen LogP contribution in [0.5, 0.6) is 0 Å². The van der Waals surface area contributed by atoms with E-state index in [4.69, 9.17) is 0 Å². The molecule has 0 N–H and O–H groups in total. The molecule has 0 atom stereocenters. The minimum atomic E-state index is -0.532. The maximum absolute atomic E-state index is 2.47. The fraction of sp³-hybridized carbons (Fsp3) is 1.00. The molecule has 0 saturated heterocycles. The average Bonchev–Trinajstić information content (AvgIpc) is 1.30. The molecule has 0 aromatic heterocycles. The SMILES string of the molecule is C[CH2][Tb][Si](C)(C)C. The maximum atomic E-state index is 2.47. The standard InChI is InChI=1S/C3H9Si.C2H5.Tb/c1-4(2)3;1-2;/h1-3H3;1H2,2H3;. The Morgan fingerprint density at radius 3 is 1.71 bits per heavy atom. The summed E-state index contributed by atoms with van der Waals surface area (Å²) in [5.74, 6) is 0. The van der Waals surface area contributed by atoms with Gasteiger partial charge in [-0.1, -0.05) is 0 Å². The van der Waals surface area contributed by atoms with Crippen LogP contribution in [0.4, 0.5) is 0 Å². The van der Waals surface area contributed by atoms with Crippen molar-refractivity contribution in [1.82, 2.24) is 0 Å². The summed E-state index contributed by atoms with van der Waals surface area (Å²) in [7, 11) is 0. The van der Waals surface area contributed by atoms with E-state index in [9.17, 15) is 0 Å². The van der Waals surface area contributed by atoms with Crippen molar-refractivity contribution in [2.75, 3.05) is 0 Å². The van der Waals surface area contributed by atoms with Crippen LogP contribution in [0, 0.1) is 33.6 Å². The van der Waals surface area contributed by atoms with Gasteiger partial charge in [0.15, 0.2) is 0 Å². The summed E-state index contributed by atoms with van der Waals surface area (Å²) < 4.78 is 0.964. The molecule has 0 amide bonds. The van der Waals surface area contributed by atoms with Crippen molar-refractivity contribution in [3.63, 3.8) is 0 Å². The number of hydrogen-bond donors (Lipinski definition) is 0. The molecule has 2 heteroatoms. The molecule has 0 aliphatic rings. The summed E-state index contributed by atoms with van der Waals surface area (Å²) in [6, 6.07) is 0. The third-order valence-corrected chi connectivity index (χ3v) is 10.5. The van der Waals surface area contributed by atoms with Crippen LogP contribution in [0.25, 0.3) is 0 Å². The first-order valence-electron chi connectivity index (χ1n) is 2.61. The van der Waals surface area contributed by atoms with Crippen molar-refractivity contribution < 1.29 is 33.6 Å². The quantitative estimate of drug-likeness (QED) is 0.669. The Kier molecular flexibility index (Phi) is 4.27. The summed E-state index contributed by atoms with van der Waals surface area (Å²) in [5, 5.41) is 0. The minimum absolute atomic E-state index is 0.507. The van der Waals surface area contributed by atoms with Crippen molar-refractivity contribution in [3.05, 3.63) is 0 Å². The van der Waals surface area contributed by atoms with Gasteiger partial charge in [0.2, 0.25) is 0 Å². The monoisotopic (exact) mass is 261 g/mol. The molecular formula is C5H14SiTb. The van der Waals surface area contributed by atoms with Gasteiger partial charge in [-0.2, -0.15) is 0 Å². The second-order valence-electron chi connectivity index (χ2n) is 2.35. The third kappa shape index (κ3) is 7.50. The first-order valence-corrected chi connectivity index (χ1v) is 10.7. The van der Waals surface area contributed by atoms with Gasteiger partial charge in [0.25, 0.3) is 0 Å². The van der Waals surface area contributed by atoms with E-state index >= 15 is 0 Å². The van der Waals surface area contributed by atoms with Crippen LogP contribution in [0.3, 0.4) is 0 Å². The topological polar surface area (TPSA) is 0 Å². The zero-order valence-corrected chi connectivity index (χ0v) is 8.68. The Balaban J connectivity index is 3.15. The van der Waals surface area contributed by atoms with Gasteiger partial charge >= 0.3 is 65.6 Å². The van der Waals surface area contributed by atoms with E-state index in [1.165, 1.54) is 2.39 Å². The zero-order valence-electron chi connectivity index (χ0n) is 5.54. The fourth-order valence-electron chi connectivity index (χ4n) is 0.354. The van der Waals surface area contributed by atoms with Gasteiger partial charge in [0, 0.05) is 0 Å². The number of hydrogen-bond acceptors (Lipinski definition) is 0. The van der Waals surface area contributed by atoms with Crippen molar-refractivity contribution >= 4 is 3.06 Å². The van der Waals surface area contributed by atoms with Crippen LogP contribution in [0.1, 0.15) is 6.92 Å². The van der Waals surface area contributed by atoms with Crippen LogP contribution < -0.4 is 0 Å². The van der Waals surface area contributed by atoms with Crippen LogP contribution in [-0.4, -0.2) is 3.06 Å². The fourth-order valence-corrected chi connectivity index (χ4v) is 7.87. The third-order valence-electron chi connectivity index (χ3n) is 0.471. The van der Waals surface area contributed by atoms with E-state index in [-0.39, 0.29) is 0 Å². The van der Waals surface area contributed by atoms with Crippen molar-refractivity contribution in [3.8, 4) is 0 Å². The molecule has 0 heterocycles. The summed E-state index contributed by atoms with van der Waals surface area (Å²) in [6.07, 6.45) is 0. The number of rotatable bonds is 2. The predicted molar refractivity (Wildman–Crippen MR) is 33.8 cm³/mol. The van der Waals surface area contributed by atoms with Gasteiger partial charge in [-0.15, -0.1) is 0 Å². The van der Waals surface area contributed by atoms with Crippen molar-refractivity contribution in [1.29, 1.82) is 0 Å². The molecule has 0 radical (unpaired) electrons. The Hall–Kier alpha value is 1.50. The molecule has 0 spiro atoms. The van der Waals surface area contributed by atoms with Gasteiger partial charge in [-0.25, -0.2) is 0 Å².